The number of hydrogen-bond donors (Lipinski definition) is 9. The van der Waals surface area contributed by atoms with Crippen LogP contribution in [-0.4, -0.2) is 148 Å². The highest BCUT2D eigenvalue weighted by Crippen LogP contribution is 2.40. The molecule has 3 fully saturated rings. The van der Waals surface area contributed by atoms with Gasteiger partial charge in [0.15, 0.2) is 45.4 Å². The van der Waals surface area contributed by atoms with E-state index in [2.05, 4.69) is 153 Å². The molecule has 14 heterocycles. The molecule has 0 spiro atoms. The largest absolute Gasteiger partial charge is 0.385 e. The Morgan fingerprint density at radius 3 is 1.46 bits per heavy atom. The molecule has 12 aromatic heterocycles. The summed E-state index contributed by atoms with van der Waals surface area (Å²) in [7, 11) is 0. The van der Waals surface area contributed by atoms with Crippen LogP contribution in [0.5, 0.6) is 0 Å². The normalized spacial score (nSPS) is 14.7. The van der Waals surface area contributed by atoms with Crippen molar-refractivity contribution in [3.63, 3.8) is 0 Å². The van der Waals surface area contributed by atoms with Crippen molar-refractivity contribution in [2.24, 2.45) is 5.41 Å². The Bertz CT molecular complexity index is 6060. The maximum absolute atomic E-state index is 14.7. The van der Waals surface area contributed by atoms with E-state index in [1.54, 1.807) is 35.8 Å². The summed E-state index contributed by atoms with van der Waals surface area (Å²) in [6.45, 7) is 20.9. The Hall–Kier alpha value is -13.3. The molecule has 9 N–H and O–H groups in total. The van der Waals surface area contributed by atoms with Crippen molar-refractivity contribution in [1.29, 1.82) is 0 Å². The number of ether oxygens (including phenoxy) is 1. The number of allylic oxidation sites excluding steroid dienone is 3. The van der Waals surface area contributed by atoms with Crippen LogP contribution in [0, 0.1) is 11.2 Å². The van der Waals surface area contributed by atoms with Crippen LogP contribution in [0.3, 0.4) is 0 Å². The van der Waals surface area contributed by atoms with E-state index in [0.29, 0.717) is 111 Å². The fraction of sp³-hybridized carbons (Fsp3) is 0.247. The number of fused-ring (bicyclic) bond motifs is 8. The standard InChI is InChI=1S/C20H18F2N6O.C20H20N6O2.C19H16F2N6O.C18H18FN5O/c1-11(24-13-9-20(21,22)10-13)7-16-14-5-4-12(8-17(14)29-28-16)25-19-15-3-2-6-23-18(15)26-27-19;1-13(26-7-9-27-10-8-26)11-17-15-5-4-14(12-18(15)28-25-17)22-20-19-16(23-24-20)3-2-6-21-19;1-11(27-9-19(20,21)10-27)7-15-13-5-4-12(8-16(13)28-26-15)23-18-17-14(24-25-18)3-2-6-22-17;1-18(2,3)9-13-15-11(19)7-10(8-14(15)25-24-13)21-17-16-12(22-23-17)5-4-6-20-16/h2-6,8,13,24H,1,7,9-10H2,(H2,23,25,26,27);2-6,12H,1,7-11H2,(H2,22,23,24);2-6,8H,1,7,9-10H2,(H2,23,24,25);4-8H,9H2,1-3H3,(H2,21,22,23). The lowest BCUT2D eigenvalue weighted by Gasteiger charge is -2.41. The molecular weight excluding hydrogens is 1420 g/mol. The third-order valence-electron chi connectivity index (χ3n) is 18.7. The van der Waals surface area contributed by atoms with Crippen molar-refractivity contribution in [2.75, 3.05) is 60.7 Å². The van der Waals surface area contributed by atoms with E-state index in [4.69, 9.17) is 22.8 Å². The molecule has 1 aliphatic carbocycles. The molecule has 0 amide bonds. The van der Waals surface area contributed by atoms with Gasteiger partial charge in [0, 0.05) is 156 Å². The highest BCUT2D eigenvalue weighted by Gasteiger charge is 2.46. The SMILES string of the molecule is C=C(Cc1noc2cc(Nc3[nH]nc4ncccc34)ccc12)NC1CC(F)(F)C1.C=C(Cc1noc2cc(Nc3n[nH]c4cccnc34)ccc12)N1CC(F)(F)C1.C=C(Cc1noc2cc(Nc3n[nH]c4cccnc34)ccc12)N1CCOCC1.CC(C)(C)Cc1noc2cc(Nc3n[nH]c4cccnc34)cc(F)c12. The third-order valence-corrected chi connectivity index (χ3v) is 18.7. The minimum absolute atomic E-state index is 0.00715. The Balaban J connectivity index is 0.000000112. The Labute approximate surface area is 621 Å². The highest BCUT2D eigenvalue weighted by atomic mass is 19.3. The summed E-state index contributed by atoms with van der Waals surface area (Å²) in [4.78, 5) is 21.0. The number of hydrogen-bond acceptors (Lipinski definition) is 24. The Morgan fingerprint density at radius 2 is 0.955 bits per heavy atom. The molecule has 2 saturated heterocycles. The predicted molar refractivity (Wildman–Crippen MR) is 406 cm³/mol. The first kappa shape index (κ1) is 71.0. The smallest absolute Gasteiger partial charge is 0.282 e. The number of nitrogens with zero attached hydrogens (tertiary/aromatic N) is 14. The molecule has 16 aromatic rings. The second kappa shape index (κ2) is 29.4. The monoisotopic (exact) mass is 1490 g/mol. The quantitative estimate of drug-likeness (QED) is 0.0340. The number of aromatic nitrogens is 16. The summed E-state index contributed by atoms with van der Waals surface area (Å²) in [5.41, 5.74) is 15.9. The van der Waals surface area contributed by atoms with E-state index < -0.39 is 11.8 Å². The lowest BCUT2D eigenvalue weighted by Crippen LogP contribution is -2.55. The number of alkyl halides is 4. The van der Waals surface area contributed by atoms with E-state index in [1.165, 1.54) is 6.07 Å². The van der Waals surface area contributed by atoms with Crippen LogP contribution in [0.15, 0.2) is 195 Å². The fourth-order valence-corrected chi connectivity index (χ4v) is 13.2. The van der Waals surface area contributed by atoms with Crippen molar-refractivity contribution < 1.29 is 44.8 Å². The lowest BCUT2D eigenvalue weighted by molar-refractivity contribution is -0.116. The van der Waals surface area contributed by atoms with Crippen LogP contribution < -0.4 is 26.6 Å². The number of nitrogens with one attached hydrogen (secondary N) is 9. The summed E-state index contributed by atoms with van der Waals surface area (Å²) in [5, 5.41) is 65.0. The maximum Gasteiger partial charge on any atom is 0.282 e. The van der Waals surface area contributed by atoms with Crippen LogP contribution in [0.4, 0.5) is 68.0 Å². The van der Waals surface area contributed by atoms with Gasteiger partial charge in [0.1, 0.15) is 28.2 Å². The average molecular weight is 1490 g/mol. The number of benzene rings is 4. The molecule has 110 heavy (non-hydrogen) atoms. The summed E-state index contributed by atoms with van der Waals surface area (Å²) in [6.07, 6.45) is 8.59. The highest BCUT2D eigenvalue weighted by molar-refractivity contribution is 5.94. The zero-order valence-electron chi connectivity index (χ0n) is 59.7. The van der Waals surface area contributed by atoms with Crippen LogP contribution in [0.25, 0.3) is 88.0 Å². The average Bonchev–Trinajstić information content (AvgIpc) is 1.69. The maximum atomic E-state index is 14.7. The van der Waals surface area contributed by atoms with Crippen molar-refractivity contribution >= 4 is 134 Å². The summed E-state index contributed by atoms with van der Waals surface area (Å²) in [6, 6.07) is 35.1. The molecule has 0 radical (unpaired) electrons. The third kappa shape index (κ3) is 15.6. The second-order valence-electron chi connectivity index (χ2n) is 28.3. The molecule has 0 atom stereocenters. The molecular formula is C77H72F5N23O5. The first-order valence-electron chi connectivity index (χ1n) is 35.2. The topological polar surface area (TPSA) is 346 Å². The molecule has 0 unspecified atom stereocenters. The molecule has 1 saturated carbocycles. The number of pyridine rings is 4. The molecule has 2 aliphatic heterocycles. The molecule has 560 valence electrons. The molecule has 0 bridgehead atoms. The van der Waals surface area contributed by atoms with Crippen molar-refractivity contribution in [3.8, 4) is 0 Å². The molecule has 28 nitrogen and oxygen atoms in total. The fourth-order valence-electron chi connectivity index (χ4n) is 13.2. The van der Waals surface area contributed by atoms with Gasteiger partial charge in [0.05, 0.1) is 76.4 Å². The van der Waals surface area contributed by atoms with Gasteiger partial charge in [-0.25, -0.2) is 26.9 Å². The van der Waals surface area contributed by atoms with Crippen molar-refractivity contribution in [1.82, 2.24) is 96.5 Å². The number of H-pyrrole nitrogens is 4. The van der Waals surface area contributed by atoms with Gasteiger partial charge in [-0.15, -0.1) is 0 Å². The first-order valence-corrected chi connectivity index (χ1v) is 35.2. The number of morpholine rings is 1. The van der Waals surface area contributed by atoms with Crippen molar-refractivity contribution in [2.45, 2.75) is 77.2 Å². The van der Waals surface area contributed by atoms with E-state index in [9.17, 15) is 22.0 Å². The number of likely N-dealkylation sites (tertiary alicyclic amines) is 1. The van der Waals surface area contributed by atoms with Gasteiger partial charge in [-0.2, -0.15) is 20.4 Å². The molecule has 3 aliphatic rings. The van der Waals surface area contributed by atoms with Gasteiger partial charge in [-0.1, -0.05) is 61.1 Å². The molecule has 19 rings (SSSR count). The Kier molecular flexibility index (Phi) is 19.0. The van der Waals surface area contributed by atoms with E-state index >= 15 is 0 Å². The second-order valence-corrected chi connectivity index (χ2v) is 28.3. The zero-order valence-corrected chi connectivity index (χ0v) is 59.7. The first-order chi connectivity index (χ1) is 53.1. The van der Waals surface area contributed by atoms with Gasteiger partial charge in [0.25, 0.3) is 11.8 Å². The number of halogens is 5. The van der Waals surface area contributed by atoms with Gasteiger partial charge >= 0.3 is 0 Å². The van der Waals surface area contributed by atoms with Crippen LogP contribution in [0.1, 0.15) is 56.4 Å². The van der Waals surface area contributed by atoms with Crippen LogP contribution in [0.2, 0.25) is 0 Å². The van der Waals surface area contributed by atoms with Crippen LogP contribution >= 0.6 is 0 Å². The minimum Gasteiger partial charge on any atom is -0.385 e. The van der Waals surface area contributed by atoms with E-state index in [0.717, 1.165) is 115 Å². The predicted octanol–water partition coefficient (Wildman–Crippen LogP) is 15.9. The summed E-state index contributed by atoms with van der Waals surface area (Å²) in [5.74, 6) is -2.99. The minimum atomic E-state index is -2.62. The number of rotatable bonds is 19. The Morgan fingerprint density at radius 1 is 0.500 bits per heavy atom. The van der Waals surface area contributed by atoms with Gasteiger partial charge < -0.3 is 59.2 Å². The lowest BCUT2D eigenvalue weighted by atomic mass is 9.88. The number of anilines is 8. The number of aromatic amines is 4. The molecule has 33 heteroatoms. The van der Waals surface area contributed by atoms with Crippen molar-refractivity contribution in [3.05, 3.63) is 205 Å². The van der Waals surface area contributed by atoms with E-state index in [-0.39, 0.29) is 43.2 Å². The molecule has 4 aromatic carbocycles. The zero-order chi connectivity index (χ0) is 75.8. The van der Waals surface area contributed by atoms with Gasteiger partial charge in [-0.05, 0) is 103 Å². The van der Waals surface area contributed by atoms with Gasteiger partial charge in [0.2, 0.25) is 0 Å². The van der Waals surface area contributed by atoms with E-state index in [1.807, 2.05) is 103 Å². The summed E-state index contributed by atoms with van der Waals surface area (Å²) >= 11 is 0. The van der Waals surface area contributed by atoms with Gasteiger partial charge in [-0.3, -0.25) is 35.3 Å². The summed E-state index contributed by atoms with van der Waals surface area (Å²) < 4.78 is 93.9. The van der Waals surface area contributed by atoms with Crippen LogP contribution in [-0.2, 0) is 30.4 Å².